The summed E-state index contributed by atoms with van der Waals surface area (Å²) in [7, 11) is 0. The van der Waals surface area contributed by atoms with Gasteiger partial charge in [-0.2, -0.15) is 4.57 Å². The molecule has 3 nitrogen and oxygen atoms in total. The largest absolute Gasteiger partial charge is 0.374 e. The molecule has 1 heterocycles. The summed E-state index contributed by atoms with van der Waals surface area (Å²) in [5.74, 6) is 0.504. The van der Waals surface area contributed by atoms with Crippen LogP contribution in [0.1, 0.15) is 55.1 Å². The van der Waals surface area contributed by atoms with Gasteiger partial charge in [-0.1, -0.05) is 56.4 Å². The van der Waals surface area contributed by atoms with Gasteiger partial charge in [-0.25, -0.2) is 0 Å². The molecule has 0 radical (unpaired) electrons. The number of hydrogen-bond donors (Lipinski definition) is 1. The van der Waals surface area contributed by atoms with Crippen LogP contribution in [-0.4, -0.2) is 17.3 Å². The zero-order chi connectivity index (χ0) is 17.5. The number of pyridine rings is 1. The van der Waals surface area contributed by atoms with Gasteiger partial charge in [-0.15, -0.1) is 0 Å². The summed E-state index contributed by atoms with van der Waals surface area (Å²) < 4.78 is 1.86. The lowest BCUT2D eigenvalue weighted by molar-refractivity contribution is -0.692. The van der Waals surface area contributed by atoms with Gasteiger partial charge >= 0.3 is 0 Å². The smallest absolute Gasteiger partial charge is 0.270 e. The Balaban J connectivity index is 2.32. The van der Waals surface area contributed by atoms with Gasteiger partial charge < -0.3 is 5.32 Å². The summed E-state index contributed by atoms with van der Waals surface area (Å²) in [6.07, 6.45) is 4.83. The maximum atomic E-state index is 13.1. The maximum Gasteiger partial charge on any atom is 0.270 e. The Hall–Kier alpha value is -2.07. The van der Waals surface area contributed by atoms with Crippen LogP contribution in [0.2, 0.25) is 0 Å². The molecule has 1 N–H and O–H groups in total. The van der Waals surface area contributed by atoms with Gasteiger partial charge in [0, 0.05) is 24.2 Å². The summed E-state index contributed by atoms with van der Waals surface area (Å²) in [5, 5.41) is 3.12. The lowest BCUT2D eigenvalue weighted by Gasteiger charge is -2.14. The molecule has 0 spiro atoms. The maximum absolute atomic E-state index is 13.1. The van der Waals surface area contributed by atoms with E-state index in [2.05, 4.69) is 19.2 Å². The molecule has 0 aliphatic heterocycles. The van der Waals surface area contributed by atoms with E-state index < -0.39 is 6.04 Å². The summed E-state index contributed by atoms with van der Waals surface area (Å²) in [6, 6.07) is 13.1. The molecule has 1 aromatic heterocycles. The van der Waals surface area contributed by atoms with Crippen LogP contribution in [-0.2, 0) is 0 Å². The lowest BCUT2D eigenvalue weighted by atomic mass is 9.95. The molecule has 0 fully saturated rings. The van der Waals surface area contributed by atoms with E-state index in [0.717, 1.165) is 6.42 Å². The minimum atomic E-state index is -0.518. The Kier molecular flexibility index (Phi) is 6.62. The molecule has 0 unspecified atom stereocenters. The number of hydrogen-bond acceptors (Lipinski definition) is 2. The molecule has 0 aliphatic carbocycles. The Labute approximate surface area is 149 Å². The Morgan fingerprint density at radius 1 is 1.12 bits per heavy atom. The van der Waals surface area contributed by atoms with Gasteiger partial charge in [0.1, 0.15) is 0 Å². The minimum absolute atomic E-state index is 0.00727. The average molecular weight is 342 g/mol. The molecule has 0 bridgehead atoms. The summed E-state index contributed by atoms with van der Waals surface area (Å²) in [4.78, 5) is 13.6. The standard InChI is InChI=1S/C20H24N2OS/c1-4-15(3)16-9-11-17(12-10-16)19(23)18(20(24)21-5-2)22-13-7-6-8-14-22/h6-15,18H,4-5H2,1-3H3/p+1/t15-,18+/m0/s1. The second kappa shape index (κ2) is 8.69. The highest BCUT2D eigenvalue weighted by molar-refractivity contribution is 7.80. The number of carbonyl (C=O) groups is 1. The molecule has 2 atom stereocenters. The zero-order valence-corrected chi connectivity index (χ0v) is 15.3. The number of likely N-dealkylation sites (N-methyl/N-ethyl adjacent to an activating group) is 1. The van der Waals surface area contributed by atoms with Gasteiger partial charge in [0.15, 0.2) is 17.4 Å². The molecule has 4 heteroatoms. The number of thiocarbonyl (C=S) groups is 1. The van der Waals surface area contributed by atoms with Crippen LogP contribution in [0.25, 0.3) is 0 Å². The van der Waals surface area contributed by atoms with Crippen molar-refractivity contribution in [2.45, 2.75) is 39.2 Å². The fourth-order valence-electron chi connectivity index (χ4n) is 2.61. The van der Waals surface area contributed by atoms with Gasteiger partial charge in [0.2, 0.25) is 5.78 Å². The van der Waals surface area contributed by atoms with Gasteiger partial charge in [-0.05, 0) is 24.8 Å². The molecule has 24 heavy (non-hydrogen) atoms. The molecular weight excluding hydrogens is 316 g/mol. The second-order valence-corrected chi connectivity index (χ2v) is 6.36. The van der Waals surface area contributed by atoms with E-state index >= 15 is 0 Å². The van der Waals surface area contributed by atoms with Crippen molar-refractivity contribution in [2.24, 2.45) is 0 Å². The number of Topliss-reactive ketones (excluding diaryl/α,β-unsaturated/α-hetero) is 1. The number of rotatable bonds is 7. The molecule has 0 saturated heterocycles. The fraction of sp³-hybridized carbons (Fsp3) is 0.350. The van der Waals surface area contributed by atoms with Crippen molar-refractivity contribution in [1.29, 1.82) is 0 Å². The van der Waals surface area contributed by atoms with Crippen LogP contribution in [0.5, 0.6) is 0 Å². The number of benzene rings is 1. The predicted octanol–water partition coefficient (Wildman–Crippen LogP) is 3.85. The number of ketones is 1. The SMILES string of the molecule is CCNC(=S)[C@@H](C(=O)c1ccc([C@@H](C)CC)cc1)[n+]1ccccc1. The van der Waals surface area contributed by atoms with Gasteiger partial charge in [0.05, 0.1) is 0 Å². The molecule has 0 amide bonds. The van der Waals surface area contributed by atoms with Crippen molar-refractivity contribution in [3.63, 3.8) is 0 Å². The molecule has 0 aliphatic rings. The Bertz CT molecular complexity index is 683. The molecule has 0 saturated carbocycles. The zero-order valence-electron chi connectivity index (χ0n) is 14.5. The first-order valence-electron chi connectivity index (χ1n) is 8.46. The molecule has 2 aromatic rings. The van der Waals surface area contributed by atoms with Crippen molar-refractivity contribution in [1.82, 2.24) is 5.32 Å². The van der Waals surface area contributed by atoms with E-state index in [-0.39, 0.29) is 5.78 Å². The topological polar surface area (TPSA) is 33.0 Å². The van der Waals surface area contributed by atoms with Crippen LogP contribution in [0.4, 0.5) is 0 Å². The van der Waals surface area contributed by atoms with Crippen molar-refractivity contribution in [3.05, 3.63) is 66.0 Å². The van der Waals surface area contributed by atoms with E-state index in [9.17, 15) is 4.79 Å². The lowest BCUT2D eigenvalue weighted by Crippen LogP contribution is -2.51. The van der Waals surface area contributed by atoms with Gasteiger partial charge in [-0.3, -0.25) is 4.79 Å². The van der Waals surface area contributed by atoms with Gasteiger partial charge in [0.25, 0.3) is 6.04 Å². The van der Waals surface area contributed by atoms with Crippen LogP contribution in [0.15, 0.2) is 54.9 Å². The number of carbonyl (C=O) groups excluding carboxylic acids is 1. The third-order valence-electron chi connectivity index (χ3n) is 4.26. The monoisotopic (exact) mass is 341 g/mol. The third-order valence-corrected chi connectivity index (χ3v) is 4.63. The normalized spacial score (nSPS) is 13.1. The van der Waals surface area contributed by atoms with Crippen LogP contribution < -0.4 is 9.88 Å². The van der Waals surface area contributed by atoms with Crippen molar-refractivity contribution in [2.75, 3.05) is 6.54 Å². The van der Waals surface area contributed by atoms with Crippen molar-refractivity contribution < 1.29 is 9.36 Å². The van der Waals surface area contributed by atoms with Crippen LogP contribution >= 0.6 is 12.2 Å². The van der Waals surface area contributed by atoms with Crippen LogP contribution in [0.3, 0.4) is 0 Å². The highest BCUT2D eigenvalue weighted by atomic mass is 32.1. The number of nitrogens with zero attached hydrogens (tertiary/aromatic N) is 1. The minimum Gasteiger partial charge on any atom is -0.374 e. The predicted molar refractivity (Wildman–Crippen MR) is 101 cm³/mol. The molecular formula is C20H25N2OS+. The summed E-state index contributed by atoms with van der Waals surface area (Å²) in [5.41, 5.74) is 1.94. The second-order valence-electron chi connectivity index (χ2n) is 5.92. The molecule has 2 rings (SSSR count). The van der Waals surface area contributed by atoms with E-state index in [0.29, 0.717) is 23.0 Å². The summed E-state index contributed by atoms with van der Waals surface area (Å²) in [6.45, 7) is 7.04. The Morgan fingerprint density at radius 2 is 1.75 bits per heavy atom. The molecule has 1 aromatic carbocycles. The van der Waals surface area contributed by atoms with Crippen LogP contribution in [0, 0.1) is 0 Å². The quantitative estimate of drug-likeness (QED) is 0.472. The van der Waals surface area contributed by atoms with Crippen molar-refractivity contribution >= 4 is 23.0 Å². The number of nitrogens with one attached hydrogen (secondary N) is 1. The van der Waals surface area contributed by atoms with E-state index in [1.54, 1.807) is 0 Å². The first-order valence-corrected chi connectivity index (χ1v) is 8.87. The van der Waals surface area contributed by atoms with E-state index in [1.807, 2.05) is 66.3 Å². The first kappa shape index (κ1) is 18.3. The average Bonchev–Trinajstić information content (AvgIpc) is 2.62. The van der Waals surface area contributed by atoms with Crippen molar-refractivity contribution in [3.8, 4) is 0 Å². The van der Waals surface area contributed by atoms with E-state index in [1.165, 1.54) is 5.56 Å². The highest BCUT2D eigenvalue weighted by Crippen LogP contribution is 2.20. The first-order chi connectivity index (χ1) is 11.6. The Morgan fingerprint density at radius 3 is 2.29 bits per heavy atom. The highest BCUT2D eigenvalue weighted by Gasteiger charge is 2.32. The third kappa shape index (κ3) is 4.26. The molecule has 126 valence electrons. The van der Waals surface area contributed by atoms with E-state index in [4.69, 9.17) is 12.2 Å². The fourth-order valence-corrected chi connectivity index (χ4v) is 2.99. The number of aromatic nitrogens is 1. The summed E-state index contributed by atoms with van der Waals surface area (Å²) >= 11 is 5.47.